The predicted octanol–water partition coefficient (Wildman–Crippen LogP) is 0.386. The molecule has 0 aliphatic carbocycles. The summed E-state index contributed by atoms with van der Waals surface area (Å²) in [6.07, 6.45) is 1.22. The summed E-state index contributed by atoms with van der Waals surface area (Å²) >= 11 is 1.54. The van der Waals surface area contributed by atoms with Crippen molar-refractivity contribution in [2.24, 2.45) is 0 Å². The predicted molar refractivity (Wildman–Crippen MR) is 92.7 cm³/mol. The minimum Gasteiger partial charge on any atom is -0.347 e. The summed E-state index contributed by atoms with van der Waals surface area (Å²) in [4.78, 5) is 44.2. The van der Waals surface area contributed by atoms with E-state index in [2.05, 4.69) is 4.98 Å². The number of likely N-dealkylation sites (N-methyl/N-ethyl adjacent to an activating group) is 1. The molecule has 0 radical (unpaired) electrons. The molecular formula is C16H18N4O3S. The molecule has 2 aromatic rings. The highest BCUT2D eigenvalue weighted by atomic mass is 32.2. The quantitative estimate of drug-likeness (QED) is 0.803. The van der Waals surface area contributed by atoms with E-state index < -0.39 is 6.04 Å². The molecule has 1 aromatic heterocycles. The molecule has 1 aliphatic rings. The Kier molecular flexibility index (Phi) is 4.57. The van der Waals surface area contributed by atoms with E-state index in [1.54, 1.807) is 49.0 Å². The van der Waals surface area contributed by atoms with Crippen molar-refractivity contribution in [1.29, 1.82) is 0 Å². The van der Waals surface area contributed by atoms with Gasteiger partial charge in [0.05, 0.1) is 23.1 Å². The van der Waals surface area contributed by atoms with Crippen LogP contribution in [0.15, 0.2) is 35.3 Å². The number of aromatic nitrogens is 2. The van der Waals surface area contributed by atoms with Crippen LogP contribution >= 0.6 is 11.8 Å². The number of amides is 2. The fourth-order valence-electron chi connectivity index (χ4n) is 2.70. The zero-order valence-electron chi connectivity index (χ0n) is 13.5. The molecule has 0 spiro atoms. The Bertz CT molecular complexity index is 849. The van der Waals surface area contributed by atoms with Gasteiger partial charge < -0.3 is 9.80 Å². The molecule has 1 atom stereocenters. The Labute approximate surface area is 143 Å². The number of thioether (sulfide) groups is 1. The number of carbonyl (C=O) groups excluding carboxylic acids is 2. The Morgan fingerprint density at radius 1 is 1.33 bits per heavy atom. The maximum atomic E-state index is 12.7. The Morgan fingerprint density at radius 2 is 2.08 bits per heavy atom. The van der Waals surface area contributed by atoms with Crippen molar-refractivity contribution < 1.29 is 9.59 Å². The van der Waals surface area contributed by atoms with Gasteiger partial charge in [-0.3, -0.25) is 19.0 Å². The minimum atomic E-state index is -0.471. The molecule has 24 heavy (non-hydrogen) atoms. The topological polar surface area (TPSA) is 75.5 Å². The summed E-state index contributed by atoms with van der Waals surface area (Å²) in [5.41, 5.74) is 0.937. The van der Waals surface area contributed by atoms with Gasteiger partial charge in [-0.05, 0) is 12.1 Å². The minimum absolute atomic E-state index is 0.0970. The molecule has 2 heterocycles. The van der Waals surface area contributed by atoms with Crippen LogP contribution in [-0.4, -0.2) is 62.9 Å². The van der Waals surface area contributed by atoms with Crippen molar-refractivity contribution in [3.8, 4) is 0 Å². The van der Waals surface area contributed by atoms with E-state index in [1.807, 2.05) is 6.07 Å². The van der Waals surface area contributed by atoms with Gasteiger partial charge in [0, 0.05) is 19.8 Å². The van der Waals surface area contributed by atoms with E-state index >= 15 is 0 Å². The normalized spacial score (nSPS) is 17.2. The second kappa shape index (κ2) is 6.64. The van der Waals surface area contributed by atoms with Gasteiger partial charge in [-0.25, -0.2) is 4.98 Å². The van der Waals surface area contributed by atoms with Crippen molar-refractivity contribution in [2.45, 2.75) is 12.6 Å². The van der Waals surface area contributed by atoms with Gasteiger partial charge in [-0.15, -0.1) is 11.8 Å². The zero-order chi connectivity index (χ0) is 17.3. The number of rotatable bonds is 3. The molecule has 2 amide bonds. The molecule has 8 heteroatoms. The third-order valence-electron chi connectivity index (χ3n) is 3.97. The van der Waals surface area contributed by atoms with E-state index in [0.29, 0.717) is 22.7 Å². The standard InChI is InChI=1S/C16H18N4O3S/c1-18(2)16(23)13-9-24-10-20(13)15(22)8-19-12-6-4-3-5-11(12)17-7-14(19)21/h3-7,13H,8-10H2,1-2H3/t13-/m1/s1. The highest BCUT2D eigenvalue weighted by Crippen LogP contribution is 2.22. The number of benzene rings is 1. The number of carbonyl (C=O) groups is 2. The third-order valence-corrected chi connectivity index (χ3v) is 4.99. The molecular weight excluding hydrogens is 328 g/mol. The van der Waals surface area contributed by atoms with Crippen LogP contribution in [0.1, 0.15) is 0 Å². The van der Waals surface area contributed by atoms with E-state index in [9.17, 15) is 14.4 Å². The summed E-state index contributed by atoms with van der Waals surface area (Å²) in [7, 11) is 3.35. The SMILES string of the molecule is CN(C)C(=O)[C@H]1CSCN1C(=O)Cn1c(=O)cnc2ccccc21. The monoisotopic (exact) mass is 346 g/mol. The molecule has 0 unspecified atom stereocenters. The van der Waals surface area contributed by atoms with Crippen LogP contribution in [0.5, 0.6) is 0 Å². The van der Waals surface area contributed by atoms with Gasteiger partial charge in [0.25, 0.3) is 5.56 Å². The molecule has 126 valence electrons. The van der Waals surface area contributed by atoms with Gasteiger partial charge in [-0.2, -0.15) is 0 Å². The highest BCUT2D eigenvalue weighted by Gasteiger charge is 2.35. The first-order valence-corrected chi connectivity index (χ1v) is 8.67. The van der Waals surface area contributed by atoms with Crippen LogP contribution in [0, 0.1) is 0 Å². The van der Waals surface area contributed by atoms with E-state index in [0.717, 1.165) is 0 Å². The fourth-order valence-corrected chi connectivity index (χ4v) is 3.87. The largest absolute Gasteiger partial charge is 0.347 e. The molecule has 3 rings (SSSR count). The maximum absolute atomic E-state index is 12.7. The molecule has 0 N–H and O–H groups in total. The van der Waals surface area contributed by atoms with E-state index in [1.165, 1.54) is 15.7 Å². The lowest BCUT2D eigenvalue weighted by Gasteiger charge is -2.25. The molecule has 7 nitrogen and oxygen atoms in total. The van der Waals surface area contributed by atoms with Crippen molar-refractivity contribution in [1.82, 2.24) is 19.4 Å². The average molecular weight is 346 g/mol. The Hall–Kier alpha value is -2.35. The van der Waals surface area contributed by atoms with E-state index in [4.69, 9.17) is 0 Å². The first kappa shape index (κ1) is 16.5. The van der Waals surface area contributed by atoms with Crippen LogP contribution in [-0.2, 0) is 16.1 Å². The lowest BCUT2D eigenvalue weighted by atomic mass is 10.2. The number of fused-ring (bicyclic) bond motifs is 1. The van der Waals surface area contributed by atoms with Crippen molar-refractivity contribution >= 4 is 34.6 Å². The van der Waals surface area contributed by atoms with Gasteiger partial charge in [0.2, 0.25) is 11.8 Å². The zero-order valence-corrected chi connectivity index (χ0v) is 14.3. The average Bonchev–Trinajstić information content (AvgIpc) is 3.06. The second-order valence-electron chi connectivity index (χ2n) is 5.78. The maximum Gasteiger partial charge on any atom is 0.269 e. The summed E-state index contributed by atoms with van der Waals surface area (Å²) in [6, 6.07) is 6.71. The summed E-state index contributed by atoms with van der Waals surface area (Å²) in [6.45, 7) is -0.0976. The van der Waals surface area contributed by atoms with E-state index in [-0.39, 0.29) is 23.9 Å². The molecule has 0 saturated carbocycles. The van der Waals surface area contributed by atoms with Gasteiger partial charge in [0.15, 0.2) is 0 Å². The highest BCUT2D eigenvalue weighted by molar-refractivity contribution is 7.99. The van der Waals surface area contributed by atoms with Crippen LogP contribution < -0.4 is 5.56 Å². The van der Waals surface area contributed by atoms with Crippen LogP contribution in [0.3, 0.4) is 0 Å². The fraction of sp³-hybridized carbons (Fsp3) is 0.375. The molecule has 1 aliphatic heterocycles. The van der Waals surface area contributed by atoms with Gasteiger partial charge >= 0.3 is 0 Å². The molecule has 1 fully saturated rings. The van der Waals surface area contributed by atoms with Crippen molar-refractivity contribution in [2.75, 3.05) is 25.7 Å². The summed E-state index contributed by atoms with van der Waals surface area (Å²) in [5.74, 6) is 0.703. The third kappa shape index (κ3) is 3.01. The number of nitrogens with zero attached hydrogens (tertiary/aromatic N) is 4. The lowest BCUT2D eigenvalue weighted by molar-refractivity contribution is -0.142. The van der Waals surface area contributed by atoms with Crippen molar-refractivity contribution in [3.63, 3.8) is 0 Å². The molecule has 0 bridgehead atoms. The molecule has 1 aromatic carbocycles. The Morgan fingerprint density at radius 3 is 2.83 bits per heavy atom. The van der Waals surface area contributed by atoms with Crippen molar-refractivity contribution in [3.05, 3.63) is 40.8 Å². The summed E-state index contributed by atoms with van der Waals surface area (Å²) < 4.78 is 1.41. The lowest BCUT2D eigenvalue weighted by Crippen LogP contribution is -2.48. The second-order valence-corrected chi connectivity index (χ2v) is 6.78. The number of hydrogen-bond acceptors (Lipinski definition) is 5. The number of para-hydroxylation sites is 2. The first-order chi connectivity index (χ1) is 11.5. The van der Waals surface area contributed by atoms with Crippen LogP contribution in [0.2, 0.25) is 0 Å². The van der Waals surface area contributed by atoms with Crippen LogP contribution in [0.4, 0.5) is 0 Å². The Balaban J connectivity index is 1.89. The number of hydrogen-bond donors (Lipinski definition) is 0. The molecule has 1 saturated heterocycles. The first-order valence-electron chi connectivity index (χ1n) is 7.52. The van der Waals surface area contributed by atoms with Gasteiger partial charge in [-0.1, -0.05) is 12.1 Å². The summed E-state index contributed by atoms with van der Waals surface area (Å²) in [5, 5.41) is 0. The smallest absolute Gasteiger partial charge is 0.269 e. The van der Waals surface area contributed by atoms with Gasteiger partial charge in [0.1, 0.15) is 12.6 Å². The van der Waals surface area contributed by atoms with Crippen LogP contribution in [0.25, 0.3) is 11.0 Å².